The molecular formula is C13H13N3OS. The topological polar surface area (TPSA) is 92.9 Å². The van der Waals surface area contributed by atoms with Crippen LogP contribution in [0.4, 0.5) is 0 Å². The first kappa shape index (κ1) is 13.9. The molecule has 0 aliphatic carbocycles. The summed E-state index contributed by atoms with van der Waals surface area (Å²) in [4.78, 5) is 11.6. The molecule has 5 heteroatoms. The van der Waals surface area contributed by atoms with Crippen molar-refractivity contribution in [2.24, 2.45) is 11.5 Å². The number of nitriles is 1. The lowest BCUT2D eigenvalue weighted by atomic mass is 10.1. The Morgan fingerprint density at radius 3 is 2.33 bits per heavy atom. The van der Waals surface area contributed by atoms with Crippen molar-refractivity contribution in [3.05, 3.63) is 53.2 Å². The Morgan fingerprint density at radius 1 is 1.28 bits per heavy atom. The molecule has 0 saturated carbocycles. The van der Waals surface area contributed by atoms with Gasteiger partial charge in [-0.3, -0.25) is 4.79 Å². The molecule has 0 unspecified atom stereocenters. The lowest BCUT2D eigenvalue weighted by molar-refractivity contribution is -0.113. The molecule has 1 rings (SSSR count). The Labute approximate surface area is 110 Å². The standard InChI is InChI=1S/C13H13N3OS/c1-18-12(6-11(15)7-13(16)17)10-4-2-9(8-14)3-5-10/h2-7H,15H2,1H3,(H2,16,17)/b11-7-,12-6-. The average Bonchev–Trinajstić information content (AvgIpc) is 2.35. The number of primary amides is 1. The minimum Gasteiger partial charge on any atom is -0.399 e. The van der Waals surface area contributed by atoms with E-state index in [0.717, 1.165) is 10.5 Å². The molecule has 92 valence electrons. The van der Waals surface area contributed by atoms with E-state index in [0.29, 0.717) is 11.3 Å². The van der Waals surface area contributed by atoms with E-state index in [2.05, 4.69) is 6.07 Å². The van der Waals surface area contributed by atoms with E-state index in [9.17, 15) is 4.79 Å². The number of amides is 1. The summed E-state index contributed by atoms with van der Waals surface area (Å²) in [5.41, 5.74) is 12.5. The zero-order chi connectivity index (χ0) is 13.5. The zero-order valence-electron chi connectivity index (χ0n) is 9.88. The maximum atomic E-state index is 10.7. The van der Waals surface area contributed by atoms with Crippen molar-refractivity contribution in [3.8, 4) is 6.07 Å². The van der Waals surface area contributed by atoms with Crippen LogP contribution < -0.4 is 11.5 Å². The van der Waals surface area contributed by atoms with Gasteiger partial charge < -0.3 is 11.5 Å². The fourth-order valence-electron chi connectivity index (χ4n) is 1.33. The number of nitrogens with two attached hydrogens (primary N) is 2. The molecule has 4 N–H and O–H groups in total. The summed E-state index contributed by atoms with van der Waals surface area (Å²) in [6.07, 6.45) is 4.75. The lowest BCUT2D eigenvalue weighted by Gasteiger charge is -2.04. The smallest absolute Gasteiger partial charge is 0.243 e. The van der Waals surface area contributed by atoms with Gasteiger partial charge in [0.15, 0.2) is 0 Å². The Balaban J connectivity index is 3.06. The minimum atomic E-state index is -0.580. The maximum Gasteiger partial charge on any atom is 0.243 e. The minimum absolute atomic E-state index is 0.302. The van der Waals surface area contributed by atoms with Gasteiger partial charge in [0.25, 0.3) is 0 Å². The molecule has 0 bridgehead atoms. The first-order valence-corrected chi connectivity index (χ1v) is 6.32. The number of hydrogen-bond acceptors (Lipinski definition) is 4. The summed E-state index contributed by atoms with van der Waals surface area (Å²) in [5, 5.41) is 8.72. The number of benzene rings is 1. The van der Waals surface area contributed by atoms with Crippen molar-refractivity contribution in [2.45, 2.75) is 0 Å². The normalized spacial score (nSPS) is 12.0. The van der Waals surface area contributed by atoms with E-state index in [-0.39, 0.29) is 0 Å². The third kappa shape index (κ3) is 4.00. The highest BCUT2D eigenvalue weighted by Crippen LogP contribution is 2.26. The van der Waals surface area contributed by atoms with Crippen molar-refractivity contribution in [2.75, 3.05) is 6.26 Å². The SMILES string of the molecule is CS/C(=C\C(N)=C\C(N)=O)c1ccc(C#N)cc1. The molecule has 0 atom stereocenters. The Bertz CT molecular complexity index is 538. The molecule has 0 fully saturated rings. The van der Waals surface area contributed by atoms with Gasteiger partial charge in [-0.1, -0.05) is 12.1 Å². The first-order valence-electron chi connectivity index (χ1n) is 5.09. The second-order valence-electron chi connectivity index (χ2n) is 3.45. The van der Waals surface area contributed by atoms with Crippen LogP contribution in [0.25, 0.3) is 4.91 Å². The predicted octanol–water partition coefficient (Wildman–Crippen LogP) is 1.59. The van der Waals surface area contributed by atoms with Gasteiger partial charge in [0.1, 0.15) is 0 Å². The molecule has 1 aromatic carbocycles. The van der Waals surface area contributed by atoms with Gasteiger partial charge in [-0.15, -0.1) is 11.8 Å². The van der Waals surface area contributed by atoms with Gasteiger partial charge >= 0.3 is 0 Å². The molecule has 0 aromatic heterocycles. The average molecular weight is 259 g/mol. The number of rotatable bonds is 4. The summed E-state index contributed by atoms with van der Waals surface area (Å²) in [5.74, 6) is -0.580. The Kier molecular flexibility index (Phi) is 5.03. The molecule has 4 nitrogen and oxygen atoms in total. The summed E-state index contributed by atoms with van der Waals surface area (Å²) >= 11 is 1.50. The molecule has 0 heterocycles. The van der Waals surface area contributed by atoms with Crippen LogP contribution in [-0.2, 0) is 4.79 Å². The molecule has 0 saturated heterocycles. The molecule has 1 amide bonds. The van der Waals surface area contributed by atoms with Crippen molar-refractivity contribution < 1.29 is 4.79 Å². The lowest BCUT2D eigenvalue weighted by Crippen LogP contribution is -2.09. The predicted molar refractivity (Wildman–Crippen MR) is 74.1 cm³/mol. The van der Waals surface area contributed by atoms with Crippen LogP contribution >= 0.6 is 11.8 Å². The van der Waals surface area contributed by atoms with E-state index in [1.54, 1.807) is 18.2 Å². The molecular weight excluding hydrogens is 246 g/mol. The quantitative estimate of drug-likeness (QED) is 0.634. The fourth-order valence-corrected chi connectivity index (χ4v) is 1.95. The molecule has 0 radical (unpaired) electrons. The van der Waals surface area contributed by atoms with Crippen LogP contribution in [0.3, 0.4) is 0 Å². The van der Waals surface area contributed by atoms with E-state index in [1.807, 2.05) is 18.4 Å². The zero-order valence-corrected chi connectivity index (χ0v) is 10.7. The van der Waals surface area contributed by atoms with E-state index < -0.39 is 5.91 Å². The Hall–Kier alpha value is -2.19. The summed E-state index contributed by atoms with van der Waals surface area (Å²) in [6.45, 7) is 0. The highest BCUT2D eigenvalue weighted by atomic mass is 32.2. The number of thioether (sulfide) groups is 1. The van der Waals surface area contributed by atoms with Gasteiger partial charge in [-0.25, -0.2) is 0 Å². The monoisotopic (exact) mass is 259 g/mol. The highest BCUT2D eigenvalue weighted by Gasteiger charge is 2.01. The van der Waals surface area contributed by atoms with E-state index in [4.69, 9.17) is 16.7 Å². The van der Waals surface area contributed by atoms with Crippen molar-refractivity contribution in [1.82, 2.24) is 0 Å². The van der Waals surface area contributed by atoms with Crippen LogP contribution in [-0.4, -0.2) is 12.2 Å². The maximum absolute atomic E-state index is 10.7. The van der Waals surface area contributed by atoms with Crippen LogP contribution in [0.5, 0.6) is 0 Å². The third-order valence-corrected chi connectivity index (χ3v) is 2.92. The molecule has 0 aliphatic rings. The van der Waals surface area contributed by atoms with Crippen molar-refractivity contribution in [1.29, 1.82) is 5.26 Å². The number of nitrogens with zero attached hydrogens (tertiary/aromatic N) is 1. The van der Waals surface area contributed by atoms with Crippen molar-refractivity contribution >= 4 is 22.6 Å². The fraction of sp³-hybridized carbons (Fsp3) is 0.0769. The molecule has 1 aromatic rings. The number of carbonyl (C=O) groups is 1. The van der Waals surface area contributed by atoms with Gasteiger partial charge in [0.2, 0.25) is 5.91 Å². The van der Waals surface area contributed by atoms with Gasteiger partial charge in [0.05, 0.1) is 11.6 Å². The van der Waals surface area contributed by atoms with Crippen LogP contribution in [0, 0.1) is 11.3 Å². The summed E-state index contributed by atoms with van der Waals surface area (Å²) in [7, 11) is 0. The molecule has 0 spiro atoms. The van der Waals surface area contributed by atoms with Crippen LogP contribution in [0.1, 0.15) is 11.1 Å². The summed E-state index contributed by atoms with van der Waals surface area (Å²) in [6, 6.07) is 9.18. The van der Waals surface area contributed by atoms with E-state index in [1.165, 1.54) is 17.8 Å². The summed E-state index contributed by atoms with van der Waals surface area (Å²) < 4.78 is 0. The van der Waals surface area contributed by atoms with Gasteiger partial charge in [-0.2, -0.15) is 5.26 Å². The third-order valence-electron chi connectivity index (χ3n) is 2.13. The van der Waals surface area contributed by atoms with Gasteiger partial charge in [0, 0.05) is 16.7 Å². The second-order valence-corrected chi connectivity index (χ2v) is 4.30. The molecule has 18 heavy (non-hydrogen) atoms. The second kappa shape index (κ2) is 6.52. The molecule has 0 aliphatic heterocycles. The number of allylic oxidation sites excluding steroid dienone is 1. The first-order chi connectivity index (χ1) is 8.56. The Morgan fingerprint density at radius 2 is 1.89 bits per heavy atom. The number of hydrogen-bond donors (Lipinski definition) is 2. The van der Waals surface area contributed by atoms with Crippen LogP contribution in [0.2, 0.25) is 0 Å². The number of carbonyl (C=O) groups excluding carboxylic acids is 1. The van der Waals surface area contributed by atoms with Gasteiger partial charge in [-0.05, 0) is 30.0 Å². The van der Waals surface area contributed by atoms with E-state index >= 15 is 0 Å². The highest BCUT2D eigenvalue weighted by molar-refractivity contribution is 8.07. The van der Waals surface area contributed by atoms with Crippen molar-refractivity contribution in [3.63, 3.8) is 0 Å². The van der Waals surface area contributed by atoms with Crippen LogP contribution in [0.15, 0.2) is 42.1 Å². The largest absolute Gasteiger partial charge is 0.399 e.